The van der Waals surface area contributed by atoms with Crippen LogP contribution in [0, 0.1) is 0 Å². The van der Waals surface area contributed by atoms with E-state index in [1.807, 2.05) is 30.3 Å². The summed E-state index contributed by atoms with van der Waals surface area (Å²) in [6, 6.07) is 8.93. The van der Waals surface area contributed by atoms with E-state index in [9.17, 15) is 9.59 Å². The van der Waals surface area contributed by atoms with E-state index in [-0.39, 0.29) is 5.78 Å². The predicted molar refractivity (Wildman–Crippen MR) is 84.4 cm³/mol. The fourth-order valence-corrected chi connectivity index (χ4v) is 2.06. The van der Waals surface area contributed by atoms with E-state index < -0.39 is 18.1 Å². The molecule has 0 heterocycles. The number of benzene rings is 1. The van der Waals surface area contributed by atoms with Gasteiger partial charge in [-0.25, -0.2) is 0 Å². The number of carboxylic acids is 1. The molecule has 0 spiro atoms. The van der Waals surface area contributed by atoms with Gasteiger partial charge in [0, 0.05) is 6.42 Å². The van der Waals surface area contributed by atoms with Crippen molar-refractivity contribution in [1.82, 2.24) is 0 Å². The Morgan fingerprint density at radius 2 is 1.86 bits per heavy atom. The maximum Gasteiger partial charge on any atom is 0.320 e. The summed E-state index contributed by atoms with van der Waals surface area (Å²) in [5.74, 6) is -0.891. The molecule has 0 aliphatic rings. The SMILES string of the molecule is CC(OCc1ccccc1)C(=O)CCCCC[C@H](N)C(=O)O. The molecule has 0 saturated carbocycles. The second-order valence-corrected chi connectivity index (χ2v) is 5.45. The molecule has 5 heteroatoms. The lowest BCUT2D eigenvalue weighted by molar-refractivity contribution is -0.138. The van der Waals surface area contributed by atoms with Crippen LogP contribution in [0.3, 0.4) is 0 Å². The van der Waals surface area contributed by atoms with Crippen molar-refractivity contribution in [3.63, 3.8) is 0 Å². The third-order valence-corrected chi connectivity index (χ3v) is 3.55. The molecule has 0 aliphatic heterocycles. The highest BCUT2D eigenvalue weighted by Gasteiger charge is 2.14. The van der Waals surface area contributed by atoms with E-state index in [0.717, 1.165) is 24.8 Å². The van der Waals surface area contributed by atoms with Gasteiger partial charge in [-0.1, -0.05) is 43.2 Å². The van der Waals surface area contributed by atoms with E-state index >= 15 is 0 Å². The fraction of sp³-hybridized carbons (Fsp3) is 0.529. The van der Waals surface area contributed by atoms with E-state index in [1.165, 1.54) is 0 Å². The minimum Gasteiger partial charge on any atom is -0.480 e. The van der Waals surface area contributed by atoms with E-state index in [2.05, 4.69) is 0 Å². The molecule has 0 fully saturated rings. The molecule has 22 heavy (non-hydrogen) atoms. The Morgan fingerprint density at radius 3 is 2.50 bits per heavy atom. The van der Waals surface area contributed by atoms with E-state index in [4.69, 9.17) is 15.6 Å². The van der Waals surface area contributed by atoms with Crippen molar-refractivity contribution in [1.29, 1.82) is 0 Å². The van der Waals surface area contributed by atoms with Gasteiger partial charge >= 0.3 is 5.97 Å². The molecule has 0 bridgehead atoms. The van der Waals surface area contributed by atoms with Crippen LogP contribution in [0.25, 0.3) is 0 Å². The summed E-state index contributed by atoms with van der Waals surface area (Å²) < 4.78 is 5.57. The Labute approximate surface area is 131 Å². The average Bonchev–Trinajstić information content (AvgIpc) is 2.52. The molecule has 0 amide bonds. The number of rotatable bonds is 11. The lowest BCUT2D eigenvalue weighted by atomic mass is 10.0. The van der Waals surface area contributed by atoms with E-state index in [1.54, 1.807) is 6.92 Å². The smallest absolute Gasteiger partial charge is 0.320 e. The molecular weight excluding hydrogens is 282 g/mol. The number of nitrogens with two attached hydrogens (primary N) is 1. The van der Waals surface area contributed by atoms with Crippen LogP contribution in [0.2, 0.25) is 0 Å². The number of hydrogen-bond donors (Lipinski definition) is 2. The highest BCUT2D eigenvalue weighted by molar-refractivity contribution is 5.82. The van der Waals surface area contributed by atoms with Crippen molar-refractivity contribution in [2.24, 2.45) is 5.73 Å². The standard InChI is InChI=1S/C17H25NO4/c1-13(22-12-14-8-4-2-5-9-14)16(19)11-7-3-6-10-15(18)17(20)21/h2,4-5,8-9,13,15H,3,6-7,10-12,18H2,1H3,(H,20,21)/t13?,15-/m0/s1. The number of ether oxygens (including phenoxy) is 1. The number of Topliss-reactive ketones (excluding diaryl/α,β-unsaturated/α-hetero) is 1. The summed E-state index contributed by atoms with van der Waals surface area (Å²) in [4.78, 5) is 22.5. The minimum atomic E-state index is -0.973. The van der Waals surface area contributed by atoms with Crippen LogP contribution in [-0.4, -0.2) is 29.0 Å². The number of carbonyl (C=O) groups is 2. The molecule has 0 aromatic heterocycles. The Morgan fingerprint density at radius 1 is 1.18 bits per heavy atom. The van der Waals surface area contributed by atoms with Crippen molar-refractivity contribution in [3.8, 4) is 0 Å². The maximum absolute atomic E-state index is 11.9. The molecule has 0 aliphatic carbocycles. The van der Waals surface area contributed by atoms with Crippen LogP contribution < -0.4 is 5.73 Å². The largest absolute Gasteiger partial charge is 0.480 e. The molecule has 3 N–H and O–H groups in total. The van der Waals surface area contributed by atoms with E-state index in [0.29, 0.717) is 19.4 Å². The van der Waals surface area contributed by atoms with Gasteiger partial charge in [0.25, 0.3) is 0 Å². The average molecular weight is 307 g/mol. The van der Waals surface area contributed by atoms with Gasteiger partial charge in [0.05, 0.1) is 6.61 Å². The molecule has 0 saturated heterocycles. The number of ketones is 1. The molecule has 5 nitrogen and oxygen atoms in total. The second kappa shape index (κ2) is 10.1. The first kappa shape index (κ1) is 18.3. The van der Waals surface area contributed by atoms with Gasteiger partial charge in [-0.05, 0) is 25.3 Å². The number of hydrogen-bond acceptors (Lipinski definition) is 4. The highest BCUT2D eigenvalue weighted by atomic mass is 16.5. The molecule has 1 aromatic rings. The number of unbranched alkanes of at least 4 members (excludes halogenated alkanes) is 2. The molecular formula is C17H25NO4. The molecule has 2 atom stereocenters. The van der Waals surface area contributed by atoms with Crippen LogP contribution in [-0.2, 0) is 20.9 Å². The monoisotopic (exact) mass is 307 g/mol. The lowest BCUT2D eigenvalue weighted by Gasteiger charge is -2.12. The Hall–Kier alpha value is -1.72. The molecule has 1 unspecified atom stereocenters. The third kappa shape index (κ3) is 7.33. The Bertz CT molecular complexity index is 461. The molecule has 1 rings (SSSR count). The van der Waals surface area contributed by atoms with Gasteiger partial charge in [0.15, 0.2) is 5.78 Å². The molecule has 1 aromatic carbocycles. The Kier molecular flexibility index (Phi) is 8.40. The van der Waals surface area contributed by atoms with Gasteiger partial charge in [-0.3, -0.25) is 9.59 Å². The summed E-state index contributed by atoms with van der Waals surface area (Å²) in [7, 11) is 0. The zero-order valence-corrected chi connectivity index (χ0v) is 13.0. The lowest BCUT2D eigenvalue weighted by Crippen LogP contribution is -2.29. The molecule has 122 valence electrons. The summed E-state index contributed by atoms with van der Waals surface area (Å²) in [6.07, 6.45) is 2.76. The van der Waals surface area contributed by atoms with Crippen molar-refractivity contribution >= 4 is 11.8 Å². The first-order chi connectivity index (χ1) is 10.5. The van der Waals surface area contributed by atoms with Gasteiger partial charge in [0.1, 0.15) is 12.1 Å². The maximum atomic E-state index is 11.9. The zero-order chi connectivity index (χ0) is 16.4. The minimum absolute atomic E-state index is 0.0819. The number of carbonyl (C=O) groups excluding carboxylic acids is 1. The van der Waals surface area contributed by atoms with Crippen LogP contribution >= 0.6 is 0 Å². The van der Waals surface area contributed by atoms with Crippen LogP contribution in [0.1, 0.15) is 44.6 Å². The first-order valence-electron chi connectivity index (χ1n) is 7.67. The number of carboxylic acid groups (broad SMARTS) is 1. The zero-order valence-electron chi connectivity index (χ0n) is 13.0. The topological polar surface area (TPSA) is 89.6 Å². The first-order valence-corrected chi connectivity index (χ1v) is 7.67. The van der Waals surface area contributed by atoms with Crippen molar-refractivity contribution < 1.29 is 19.4 Å². The van der Waals surface area contributed by atoms with Crippen LogP contribution in [0.5, 0.6) is 0 Å². The Balaban J connectivity index is 2.12. The van der Waals surface area contributed by atoms with Crippen LogP contribution in [0.15, 0.2) is 30.3 Å². The van der Waals surface area contributed by atoms with Gasteiger partial charge in [-0.15, -0.1) is 0 Å². The normalized spacial score (nSPS) is 13.5. The van der Waals surface area contributed by atoms with Gasteiger partial charge in [0.2, 0.25) is 0 Å². The van der Waals surface area contributed by atoms with Crippen molar-refractivity contribution in [3.05, 3.63) is 35.9 Å². The number of aliphatic carboxylic acids is 1. The predicted octanol–water partition coefficient (Wildman–Crippen LogP) is 2.52. The van der Waals surface area contributed by atoms with Crippen LogP contribution in [0.4, 0.5) is 0 Å². The summed E-state index contributed by atoms with van der Waals surface area (Å²) >= 11 is 0. The quantitative estimate of drug-likeness (QED) is 0.613. The summed E-state index contributed by atoms with van der Waals surface area (Å²) in [6.45, 7) is 2.20. The van der Waals surface area contributed by atoms with Crippen molar-refractivity contribution in [2.75, 3.05) is 0 Å². The second-order valence-electron chi connectivity index (χ2n) is 5.45. The highest BCUT2D eigenvalue weighted by Crippen LogP contribution is 2.09. The summed E-state index contributed by atoms with van der Waals surface area (Å²) in [5, 5.41) is 8.66. The van der Waals surface area contributed by atoms with Gasteiger partial charge < -0.3 is 15.6 Å². The molecule has 0 radical (unpaired) electrons. The van der Waals surface area contributed by atoms with Gasteiger partial charge in [-0.2, -0.15) is 0 Å². The third-order valence-electron chi connectivity index (χ3n) is 3.55. The summed E-state index contributed by atoms with van der Waals surface area (Å²) in [5.41, 5.74) is 6.46. The fourth-order valence-electron chi connectivity index (χ4n) is 2.06. The van der Waals surface area contributed by atoms with Crippen molar-refractivity contribution in [2.45, 2.75) is 57.8 Å².